The number of benzene rings is 1. The van der Waals surface area contributed by atoms with E-state index in [0.717, 1.165) is 5.56 Å². The summed E-state index contributed by atoms with van der Waals surface area (Å²) in [6.07, 6.45) is 3.37. The Bertz CT molecular complexity index is 590. The summed E-state index contributed by atoms with van der Waals surface area (Å²) in [5, 5.41) is 3.76. The van der Waals surface area contributed by atoms with Crippen LogP contribution in [0.4, 0.5) is 5.82 Å². The number of aromatic nitrogens is 2. The third-order valence-corrected chi connectivity index (χ3v) is 3.22. The maximum absolute atomic E-state index is 11.7. The fourth-order valence-corrected chi connectivity index (χ4v) is 1.98. The zero-order valence-corrected chi connectivity index (χ0v) is 12.1. The Morgan fingerprint density at radius 1 is 1.35 bits per heavy atom. The molecule has 0 fully saturated rings. The third kappa shape index (κ3) is 3.48. The molecule has 2 aromatic rings. The lowest BCUT2D eigenvalue weighted by Gasteiger charge is -2.10. The average Bonchev–Trinajstić information content (AvgIpc) is 2.52. The molecule has 0 saturated heterocycles. The molecule has 1 heterocycles. The molecule has 1 N–H and O–H groups in total. The van der Waals surface area contributed by atoms with Crippen molar-refractivity contribution in [1.29, 1.82) is 0 Å². The first kappa shape index (κ1) is 14.3. The standard InChI is InChI=1S/C14H15N3O2S/c1-19-13(18)11-9-16-14(20-2)17-12(11)15-8-10-6-4-3-5-7-10/h3-7,9H,8H2,1-2H3,(H,15,16,17). The van der Waals surface area contributed by atoms with E-state index in [1.807, 2.05) is 36.6 Å². The lowest BCUT2D eigenvalue weighted by molar-refractivity contribution is 0.0600. The quantitative estimate of drug-likeness (QED) is 0.518. The molecule has 0 bridgehead atoms. The van der Waals surface area contributed by atoms with Gasteiger partial charge in [0.15, 0.2) is 5.16 Å². The number of hydrogen-bond donors (Lipinski definition) is 1. The van der Waals surface area contributed by atoms with Gasteiger partial charge in [-0.05, 0) is 11.8 Å². The highest BCUT2D eigenvalue weighted by atomic mass is 32.2. The van der Waals surface area contributed by atoms with Crippen LogP contribution in [-0.2, 0) is 11.3 Å². The summed E-state index contributed by atoms with van der Waals surface area (Å²) >= 11 is 1.42. The van der Waals surface area contributed by atoms with Gasteiger partial charge in [-0.3, -0.25) is 0 Å². The van der Waals surface area contributed by atoms with Crippen molar-refractivity contribution in [2.45, 2.75) is 11.7 Å². The zero-order valence-electron chi connectivity index (χ0n) is 11.3. The first-order chi connectivity index (χ1) is 9.74. The molecule has 0 aliphatic carbocycles. The second-order valence-corrected chi connectivity index (χ2v) is 4.72. The minimum atomic E-state index is -0.451. The predicted molar refractivity (Wildman–Crippen MR) is 78.9 cm³/mol. The number of esters is 1. The van der Waals surface area contributed by atoms with Gasteiger partial charge in [0.2, 0.25) is 0 Å². The van der Waals surface area contributed by atoms with Crippen LogP contribution in [0, 0.1) is 0 Å². The monoisotopic (exact) mass is 289 g/mol. The van der Waals surface area contributed by atoms with Crippen LogP contribution in [0.25, 0.3) is 0 Å². The fraction of sp³-hybridized carbons (Fsp3) is 0.214. The molecule has 0 aliphatic heterocycles. The minimum absolute atomic E-state index is 0.334. The van der Waals surface area contributed by atoms with E-state index < -0.39 is 5.97 Å². The minimum Gasteiger partial charge on any atom is -0.465 e. The molecule has 104 valence electrons. The molecule has 0 amide bonds. The SMILES string of the molecule is COC(=O)c1cnc(SC)nc1NCc1ccccc1. The number of hydrogen-bond acceptors (Lipinski definition) is 6. The Hall–Kier alpha value is -2.08. The van der Waals surface area contributed by atoms with Crippen molar-refractivity contribution in [3.63, 3.8) is 0 Å². The van der Waals surface area contributed by atoms with Crippen LogP contribution < -0.4 is 5.32 Å². The van der Waals surface area contributed by atoms with Gasteiger partial charge < -0.3 is 10.1 Å². The lowest BCUT2D eigenvalue weighted by atomic mass is 10.2. The number of carbonyl (C=O) groups excluding carboxylic acids is 1. The molecule has 0 radical (unpaired) electrons. The second-order valence-electron chi connectivity index (χ2n) is 3.95. The lowest BCUT2D eigenvalue weighted by Crippen LogP contribution is -2.11. The third-order valence-electron chi connectivity index (χ3n) is 2.66. The number of nitrogens with zero attached hydrogens (tertiary/aromatic N) is 2. The molecule has 0 aliphatic rings. The summed E-state index contributed by atoms with van der Waals surface area (Å²) in [4.78, 5) is 20.1. The van der Waals surface area contributed by atoms with Crippen molar-refractivity contribution in [3.05, 3.63) is 47.7 Å². The number of ether oxygens (including phenoxy) is 1. The summed E-state index contributed by atoms with van der Waals surface area (Å²) in [7, 11) is 1.34. The molecule has 0 spiro atoms. The maximum atomic E-state index is 11.7. The van der Waals surface area contributed by atoms with E-state index in [2.05, 4.69) is 15.3 Å². The highest BCUT2D eigenvalue weighted by Gasteiger charge is 2.14. The molecule has 1 aromatic heterocycles. The largest absolute Gasteiger partial charge is 0.465 e. The van der Waals surface area contributed by atoms with E-state index in [1.54, 1.807) is 0 Å². The summed E-state index contributed by atoms with van der Waals surface area (Å²) in [5.74, 6) is 0.0354. The van der Waals surface area contributed by atoms with Crippen LogP contribution in [0.2, 0.25) is 0 Å². The van der Waals surface area contributed by atoms with E-state index in [9.17, 15) is 4.79 Å². The van der Waals surface area contributed by atoms with Gasteiger partial charge in [-0.25, -0.2) is 14.8 Å². The normalized spacial score (nSPS) is 10.1. The van der Waals surface area contributed by atoms with Crippen LogP contribution in [0.5, 0.6) is 0 Å². The molecule has 5 nitrogen and oxygen atoms in total. The van der Waals surface area contributed by atoms with Crippen molar-refractivity contribution in [1.82, 2.24) is 9.97 Å². The smallest absolute Gasteiger partial charge is 0.343 e. The van der Waals surface area contributed by atoms with E-state index in [4.69, 9.17) is 4.74 Å². The molecule has 2 rings (SSSR count). The zero-order chi connectivity index (χ0) is 14.4. The Morgan fingerprint density at radius 3 is 2.75 bits per heavy atom. The van der Waals surface area contributed by atoms with Crippen LogP contribution >= 0.6 is 11.8 Å². The van der Waals surface area contributed by atoms with E-state index in [-0.39, 0.29) is 0 Å². The number of rotatable bonds is 5. The van der Waals surface area contributed by atoms with Crippen LogP contribution in [0.15, 0.2) is 41.7 Å². The molecule has 0 atom stereocenters. The van der Waals surface area contributed by atoms with Gasteiger partial charge in [0, 0.05) is 12.7 Å². The Morgan fingerprint density at radius 2 is 2.10 bits per heavy atom. The Balaban J connectivity index is 2.21. The number of carbonyl (C=O) groups is 1. The van der Waals surface area contributed by atoms with Crippen molar-refractivity contribution in [2.24, 2.45) is 0 Å². The predicted octanol–water partition coefficient (Wildman–Crippen LogP) is 2.60. The molecule has 20 heavy (non-hydrogen) atoms. The maximum Gasteiger partial charge on any atom is 0.343 e. The van der Waals surface area contributed by atoms with E-state index >= 15 is 0 Å². The molecule has 6 heteroatoms. The second kappa shape index (κ2) is 6.91. The topological polar surface area (TPSA) is 64.1 Å². The first-order valence-electron chi connectivity index (χ1n) is 6.01. The van der Waals surface area contributed by atoms with E-state index in [1.165, 1.54) is 25.1 Å². The van der Waals surface area contributed by atoms with Gasteiger partial charge in [0.1, 0.15) is 11.4 Å². The first-order valence-corrected chi connectivity index (χ1v) is 7.24. The fourth-order valence-electron chi connectivity index (χ4n) is 1.64. The highest BCUT2D eigenvalue weighted by molar-refractivity contribution is 7.98. The van der Waals surface area contributed by atoms with Crippen LogP contribution in [0.3, 0.4) is 0 Å². The number of anilines is 1. The van der Waals surface area contributed by atoms with Crippen LogP contribution in [-0.4, -0.2) is 29.3 Å². The Labute approximate surface area is 121 Å². The van der Waals surface area contributed by atoms with E-state index in [0.29, 0.717) is 23.1 Å². The number of thioether (sulfide) groups is 1. The molecule has 1 aromatic carbocycles. The summed E-state index contributed by atoms with van der Waals surface area (Å²) in [6, 6.07) is 9.89. The van der Waals surface area contributed by atoms with Crippen LogP contribution in [0.1, 0.15) is 15.9 Å². The average molecular weight is 289 g/mol. The van der Waals surface area contributed by atoms with Gasteiger partial charge in [-0.15, -0.1) is 0 Å². The number of methoxy groups -OCH3 is 1. The highest BCUT2D eigenvalue weighted by Crippen LogP contribution is 2.18. The van der Waals surface area contributed by atoms with Crippen molar-refractivity contribution in [2.75, 3.05) is 18.7 Å². The van der Waals surface area contributed by atoms with Crippen molar-refractivity contribution >= 4 is 23.5 Å². The summed E-state index contributed by atoms with van der Waals surface area (Å²) in [6.45, 7) is 0.579. The molecular weight excluding hydrogens is 274 g/mol. The van der Waals surface area contributed by atoms with Gasteiger partial charge in [0.25, 0.3) is 0 Å². The van der Waals surface area contributed by atoms with Gasteiger partial charge >= 0.3 is 5.97 Å². The molecule has 0 saturated carbocycles. The molecular formula is C14H15N3O2S. The summed E-state index contributed by atoms with van der Waals surface area (Å²) in [5.41, 5.74) is 1.44. The van der Waals surface area contributed by atoms with Gasteiger partial charge in [0.05, 0.1) is 7.11 Å². The Kier molecular flexibility index (Phi) is 4.95. The van der Waals surface area contributed by atoms with Crippen molar-refractivity contribution in [3.8, 4) is 0 Å². The van der Waals surface area contributed by atoms with Gasteiger partial charge in [-0.2, -0.15) is 0 Å². The number of nitrogens with one attached hydrogen (secondary N) is 1. The van der Waals surface area contributed by atoms with Crippen molar-refractivity contribution < 1.29 is 9.53 Å². The molecule has 0 unspecified atom stereocenters. The summed E-state index contributed by atoms with van der Waals surface area (Å²) < 4.78 is 4.74. The van der Waals surface area contributed by atoms with Gasteiger partial charge in [-0.1, -0.05) is 42.1 Å².